The van der Waals surface area contributed by atoms with Crippen LogP contribution in [-0.2, 0) is 6.54 Å². The van der Waals surface area contributed by atoms with Crippen molar-refractivity contribution < 1.29 is 0 Å². The molecule has 1 aliphatic heterocycles. The number of hydrogen-bond acceptors (Lipinski definition) is 3. The van der Waals surface area contributed by atoms with Crippen LogP contribution in [0.15, 0.2) is 11.1 Å². The van der Waals surface area contributed by atoms with E-state index in [1.807, 2.05) is 13.0 Å². The van der Waals surface area contributed by atoms with E-state index in [4.69, 9.17) is 0 Å². The topological polar surface area (TPSA) is 42.2 Å². The normalized spacial score (nSPS) is 16.0. The molecule has 4 nitrogen and oxygen atoms in total. The quantitative estimate of drug-likeness (QED) is 0.593. The van der Waals surface area contributed by atoms with Crippen molar-refractivity contribution in [3.8, 4) is 0 Å². The second-order valence-electron chi connectivity index (χ2n) is 2.85. The fourth-order valence-electron chi connectivity index (χ4n) is 1.47. The molecule has 0 aromatic carbocycles. The van der Waals surface area contributed by atoms with Crippen molar-refractivity contribution >= 4 is 5.82 Å². The Morgan fingerprint density at radius 1 is 1.67 bits per heavy atom. The van der Waals surface area contributed by atoms with Gasteiger partial charge in [-0.2, -0.15) is 0 Å². The van der Waals surface area contributed by atoms with Gasteiger partial charge in [0.05, 0.1) is 0 Å². The van der Waals surface area contributed by atoms with E-state index in [1.165, 1.54) is 0 Å². The lowest BCUT2D eigenvalue weighted by Gasteiger charge is -2.05. The molecular weight excluding hydrogens is 152 g/mol. The van der Waals surface area contributed by atoms with Crippen LogP contribution in [0.1, 0.15) is 5.82 Å². The zero-order valence-corrected chi connectivity index (χ0v) is 7.33. The first-order valence-corrected chi connectivity index (χ1v) is 4.06. The molecular formula is C8H12N4. The number of hydrogen-bond donors (Lipinski definition) is 1. The van der Waals surface area contributed by atoms with Gasteiger partial charge in [-0.15, -0.1) is 0 Å². The fraction of sp³-hybridized carbons (Fsp3) is 0.500. The molecule has 0 saturated heterocycles. The maximum atomic E-state index is 4.32. The van der Waals surface area contributed by atoms with Crippen molar-refractivity contribution in [3.05, 3.63) is 17.4 Å². The van der Waals surface area contributed by atoms with Crippen LogP contribution in [0, 0.1) is 6.92 Å². The van der Waals surface area contributed by atoms with E-state index in [2.05, 4.69) is 19.9 Å². The molecule has 0 radical (unpaired) electrons. The minimum absolute atomic E-state index is 0.799. The summed E-state index contributed by atoms with van der Waals surface area (Å²) in [6.07, 6.45) is 0. The van der Waals surface area contributed by atoms with Crippen molar-refractivity contribution in [2.24, 2.45) is 4.99 Å². The molecule has 64 valence electrons. The zero-order chi connectivity index (χ0) is 8.55. The highest BCUT2D eigenvalue weighted by Gasteiger charge is 2.09. The minimum Gasteiger partial charge on any atom is -0.370 e. The van der Waals surface area contributed by atoms with Gasteiger partial charge in [-0.25, -0.2) is 4.98 Å². The Bertz CT molecular complexity index is 364. The van der Waals surface area contributed by atoms with Crippen molar-refractivity contribution in [2.45, 2.75) is 13.5 Å². The van der Waals surface area contributed by atoms with Crippen LogP contribution in [0.25, 0.3) is 0 Å². The Morgan fingerprint density at radius 3 is 3.25 bits per heavy atom. The van der Waals surface area contributed by atoms with Crippen molar-refractivity contribution in [1.82, 2.24) is 9.55 Å². The van der Waals surface area contributed by atoms with Gasteiger partial charge >= 0.3 is 0 Å². The van der Waals surface area contributed by atoms with E-state index >= 15 is 0 Å². The van der Waals surface area contributed by atoms with Crippen LogP contribution in [0.3, 0.4) is 0 Å². The first-order valence-electron chi connectivity index (χ1n) is 4.06. The van der Waals surface area contributed by atoms with E-state index in [1.54, 1.807) is 7.05 Å². The van der Waals surface area contributed by atoms with Gasteiger partial charge in [-0.3, -0.25) is 4.99 Å². The van der Waals surface area contributed by atoms with Crippen molar-refractivity contribution in [1.29, 1.82) is 0 Å². The van der Waals surface area contributed by atoms with Crippen LogP contribution in [0.2, 0.25) is 0 Å². The third-order valence-electron chi connectivity index (χ3n) is 2.09. The van der Waals surface area contributed by atoms with E-state index in [9.17, 15) is 0 Å². The van der Waals surface area contributed by atoms with Crippen LogP contribution >= 0.6 is 0 Å². The van der Waals surface area contributed by atoms with E-state index < -0.39 is 0 Å². The maximum Gasteiger partial charge on any atom is 0.152 e. The molecule has 0 fully saturated rings. The van der Waals surface area contributed by atoms with Crippen LogP contribution < -0.4 is 10.8 Å². The van der Waals surface area contributed by atoms with Gasteiger partial charge in [-0.1, -0.05) is 0 Å². The van der Waals surface area contributed by atoms with Gasteiger partial charge in [0.25, 0.3) is 0 Å². The Labute approximate surface area is 71.0 Å². The summed E-state index contributed by atoms with van der Waals surface area (Å²) in [5.74, 6) is 2.15. The second-order valence-corrected chi connectivity index (χ2v) is 2.85. The van der Waals surface area contributed by atoms with Gasteiger partial charge in [0.2, 0.25) is 0 Å². The summed E-state index contributed by atoms with van der Waals surface area (Å²) in [7, 11) is 1.76. The highest BCUT2D eigenvalue weighted by Crippen LogP contribution is 2.11. The lowest BCUT2D eigenvalue weighted by molar-refractivity contribution is 0.734. The van der Waals surface area contributed by atoms with E-state index in [0.717, 1.165) is 30.2 Å². The van der Waals surface area contributed by atoms with Gasteiger partial charge < -0.3 is 9.88 Å². The largest absolute Gasteiger partial charge is 0.370 e. The number of aromatic nitrogens is 2. The number of rotatable bonds is 0. The Balaban J connectivity index is 2.67. The SMILES string of the molecule is CN=c1cc2n(c(C)n1)CCN2. The number of nitrogens with one attached hydrogen (secondary N) is 1. The van der Waals surface area contributed by atoms with Gasteiger partial charge in [0, 0.05) is 26.2 Å². The molecule has 0 unspecified atom stereocenters. The molecule has 0 saturated carbocycles. The first-order chi connectivity index (χ1) is 5.81. The van der Waals surface area contributed by atoms with E-state index in [0.29, 0.717) is 0 Å². The molecule has 1 N–H and O–H groups in total. The molecule has 1 aromatic rings. The molecule has 0 atom stereocenters. The number of fused-ring (bicyclic) bond motifs is 1. The van der Waals surface area contributed by atoms with E-state index in [-0.39, 0.29) is 0 Å². The second kappa shape index (κ2) is 2.62. The number of nitrogens with zero attached hydrogens (tertiary/aromatic N) is 3. The summed E-state index contributed by atoms with van der Waals surface area (Å²) in [5.41, 5.74) is 0.799. The van der Waals surface area contributed by atoms with Gasteiger partial charge in [0.15, 0.2) is 5.49 Å². The molecule has 1 aliphatic rings. The molecule has 0 spiro atoms. The highest BCUT2D eigenvalue weighted by molar-refractivity contribution is 5.38. The molecule has 12 heavy (non-hydrogen) atoms. The highest BCUT2D eigenvalue weighted by atomic mass is 15.2. The molecule has 4 heteroatoms. The summed E-state index contributed by atoms with van der Waals surface area (Å²) in [6, 6.07) is 1.97. The smallest absolute Gasteiger partial charge is 0.152 e. The van der Waals surface area contributed by atoms with Crippen molar-refractivity contribution in [2.75, 3.05) is 18.9 Å². The third kappa shape index (κ3) is 0.995. The predicted octanol–water partition coefficient (Wildman–Crippen LogP) is 0.148. The molecule has 1 aromatic heterocycles. The van der Waals surface area contributed by atoms with Crippen molar-refractivity contribution in [3.63, 3.8) is 0 Å². The third-order valence-corrected chi connectivity index (χ3v) is 2.09. The monoisotopic (exact) mass is 164 g/mol. The van der Waals surface area contributed by atoms with Crippen LogP contribution in [0.4, 0.5) is 5.82 Å². The first kappa shape index (κ1) is 7.34. The summed E-state index contributed by atoms with van der Waals surface area (Å²) in [5, 5.41) is 3.28. The molecule has 2 heterocycles. The molecule has 0 aliphatic carbocycles. The average Bonchev–Trinajstić information content (AvgIpc) is 2.52. The Hall–Kier alpha value is -1.32. The van der Waals surface area contributed by atoms with Crippen LogP contribution in [0.5, 0.6) is 0 Å². The summed E-state index contributed by atoms with van der Waals surface area (Å²) in [4.78, 5) is 8.36. The molecule has 0 bridgehead atoms. The fourth-order valence-corrected chi connectivity index (χ4v) is 1.47. The summed E-state index contributed by atoms with van der Waals surface area (Å²) in [6.45, 7) is 4.01. The molecule has 0 amide bonds. The zero-order valence-electron chi connectivity index (χ0n) is 7.33. The van der Waals surface area contributed by atoms with Gasteiger partial charge in [-0.05, 0) is 6.92 Å². The lowest BCUT2D eigenvalue weighted by Crippen LogP contribution is -2.14. The van der Waals surface area contributed by atoms with Crippen LogP contribution in [-0.4, -0.2) is 23.1 Å². The predicted molar refractivity (Wildman–Crippen MR) is 46.9 cm³/mol. The minimum atomic E-state index is 0.799. The van der Waals surface area contributed by atoms with Gasteiger partial charge in [0.1, 0.15) is 11.6 Å². The standard InChI is InChI=1S/C8H12N4/c1-6-11-7(9-2)5-8-10-3-4-12(6)8/h5,10H,3-4H2,1-2H3. The lowest BCUT2D eigenvalue weighted by atomic mass is 10.5. The number of anilines is 1. The Kier molecular flexibility index (Phi) is 1.60. The number of aryl methyl sites for hydroxylation is 1. The Morgan fingerprint density at radius 2 is 2.50 bits per heavy atom. The maximum absolute atomic E-state index is 4.32. The molecule has 2 rings (SSSR count). The average molecular weight is 164 g/mol. The summed E-state index contributed by atoms with van der Waals surface area (Å²) < 4.78 is 2.16. The summed E-state index contributed by atoms with van der Waals surface area (Å²) >= 11 is 0.